The van der Waals surface area contributed by atoms with Crippen molar-refractivity contribution in [2.24, 2.45) is 0 Å². The molecule has 4 heteroatoms. The van der Waals surface area contributed by atoms with E-state index in [0.717, 1.165) is 25.8 Å². The summed E-state index contributed by atoms with van der Waals surface area (Å²) in [4.78, 5) is 15.9. The summed E-state index contributed by atoms with van der Waals surface area (Å²) in [7, 11) is 0. The highest BCUT2D eigenvalue weighted by Crippen LogP contribution is 2.26. The summed E-state index contributed by atoms with van der Waals surface area (Å²) in [6, 6.07) is 8.64. The van der Waals surface area contributed by atoms with Crippen LogP contribution in [0.15, 0.2) is 24.3 Å². The molecule has 2 aromatic rings. The van der Waals surface area contributed by atoms with E-state index < -0.39 is 0 Å². The average molecular weight is 283 g/mol. The van der Waals surface area contributed by atoms with Crippen LogP contribution in [0.1, 0.15) is 36.9 Å². The quantitative estimate of drug-likeness (QED) is 0.791. The zero-order valence-electron chi connectivity index (χ0n) is 12.1. The maximum atomic E-state index is 12.4. The standard InChI is InChI=1S/C17H21N3O/c21-17(19-11-5-1-2-6-11)15-9-13-12-7-3-4-8-14(12)20-16(13)10-18-15/h3-4,7-8,11,15,18,20H,1-2,5-6,9-10H2,(H,19,21). The highest BCUT2D eigenvalue weighted by molar-refractivity contribution is 5.88. The summed E-state index contributed by atoms with van der Waals surface area (Å²) < 4.78 is 0. The van der Waals surface area contributed by atoms with Gasteiger partial charge in [0, 0.05) is 29.2 Å². The number of fused-ring (bicyclic) bond motifs is 3. The molecule has 0 bridgehead atoms. The summed E-state index contributed by atoms with van der Waals surface area (Å²) in [6.45, 7) is 0.743. The Labute approximate surface area is 124 Å². The van der Waals surface area contributed by atoms with Crippen molar-refractivity contribution in [2.75, 3.05) is 0 Å². The smallest absolute Gasteiger partial charge is 0.237 e. The first-order valence-corrected chi connectivity index (χ1v) is 7.93. The molecule has 3 N–H and O–H groups in total. The Morgan fingerprint density at radius 1 is 1.19 bits per heavy atom. The van der Waals surface area contributed by atoms with Crippen molar-refractivity contribution in [1.29, 1.82) is 0 Å². The van der Waals surface area contributed by atoms with Crippen molar-refractivity contribution in [1.82, 2.24) is 15.6 Å². The van der Waals surface area contributed by atoms with Gasteiger partial charge in [0.2, 0.25) is 5.91 Å². The van der Waals surface area contributed by atoms with E-state index in [0.29, 0.717) is 6.04 Å². The van der Waals surface area contributed by atoms with E-state index in [1.165, 1.54) is 35.0 Å². The number of para-hydroxylation sites is 1. The number of hydrogen-bond acceptors (Lipinski definition) is 2. The number of H-pyrrole nitrogens is 1. The van der Waals surface area contributed by atoms with E-state index in [1.807, 2.05) is 6.07 Å². The lowest BCUT2D eigenvalue weighted by Crippen LogP contribution is -2.49. The molecule has 2 heterocycles. The minimum Gasteiger partial charge on any atom is -0.357 e. The number of rotatable bonds is 2. The summed E-state index contributed by atoms with van der Waals surface area (Å²) in [5.74, 6) is 0.165. The lowest BCUT2D eigenvalue weighted by atomic mass is 9.98. The highest BCUT2D eigenvalue weighted by atomic mass is 16.2. The van der Waals surface area contributed by atoms with E-state index in [-0.39, 0.29) is 11.9 Å². The lowest BCUT2D eigenvalue weighted by Gasteiger charge is -2.25. The summed E-state index contributed by atoms with van der Waals surface area (Å²) >= 11 is 0. The third-order valence-electron chi connectivity index (χ3n) is 4.85. The van der Waals surface area contributed by atoms with Crippen LogP contribution < -0.4 is 10.6 Å². The van der Waals surface area contributed by atoms with Crippen molar-refractivity contribution >= 4 is 16.8 Å². The first-order chi connectivity index (χ1) is 10.3. The first kappa shape index (κ1) is 12.9. The fourth-order valence-electron chi connectivity index (χ4n) is 3.70. The molecule has 21 heavy (non-hydrogen) atoms. The lowest BCUT2D eigenvalue weighted by molar-refractivity contribution is -0.124. The molecule has 0 saturated heterocycles. The molecule has 4 nitrogen and oxygen atoms in total. The van der Waals surface area contributed by atoms with Crippen LogP contribution in [-0.2, 0) is 17.8 Å². The van der Waals surface area contributed by atoms with Crippen molar-refractivity contribution in [2.45, 2.75) is 50.7 Å². The molecule has 0 spiro atoms. The highest BCUT2D eigenvalue weighted by Gasteiger charge is 2.28. The van der Waals surface area contributed by atoms with Crippen LogP contribution >= 0.6 is 0 Å². The van der Waals surface area contributed by atoms with Crippen LogP contribution in [0.25, 0.3) is 10.9 Å². The zero-order chi connectivity index (χ0) is 14.2. The Balaban J connectivity index is 1.54. The number of nitrogens with one attached hydrogen (secondary N) is 3. The van der Waals surface area contributed by atoms with Crippen LogP contribution in [0.3, 0.4) is 0 Å². The van der Waals surface area contributed by atoms with Gasteiger partial charge in [-0.25, -0.2) is 0 Å². The summed E-state index contributed by atoms with van der Waals surface area (Å²) in [5, 5.41) is 7.83. The number of benzene rings is 1. The van der Waals surface area contributed by atoms with Gasteiger partial charge in [0.05, 0.1) is 6.04 Å². The minimum atomic E-state index is -0.0997. The van der Waals surface area contributed by atoms with Gasteiger partial charge in [0.15, 0.2) is 0 Å². The van der Waals surface area contributed by atoms with Gasteiger partial charge in [-0.15, -0.1) is 0 Å². The van der Waals surface area contributed by atoms with Crippen LogP contribution in [0.2, 0.25) is 0 Å². The first-order valence-electron chi connectivity index (χ1n) is 7.93. The second-order valence-electron chi connectivity index (χ2n) is 6.26. The summed E-state index contributed by atoms with van der Waals surface area (Å²) in [6.07, 6.45) is 5.54. The molecular weight excluding hydrogens is 262 g/mol. The molecule has 1 aromatic heterocycles. The second kappa shape index (κ2) is 5.19. The zero-order valence-corrected chi connectivity index (χ0v) is 12.1. The third-order valence-corrected chi connectivity index (χ3v) is 4.85. The molecule has 1 aromatic carbocycles. The SMILES string of the molecule is O=C(NC1CCCC1)C1Cc2c([nH]c3ccccc23)CN1. The molecule has 0 radical (unpaired) electrons. The Morgan fingerprint density at radius 2 is 2.00 bits per heavy atom. The van der Waals surface area contributed by atoms with Gasteiger partial charge in [-0.2, -0.15) is 0 Å². The monoisotopic (exact) mass is 283 g/mol. The molecule has 1 aliphatic heterocycles. The third kappa shape index (κ3) is 2.33. The molecule has 1 saturated carbocycles. The number of aromatic nitrogens is 1. The van der Waals surface area contributed by atoms with Crippen molar-refractivity contribution in [3.05, 3.63) is 35.5 Å². The van der Waals surface area contributed by atoms with Crippen molar-refractivity contribution in [3.8, 4) is 0 Å². The number of hydrogen-bond donors (Lipinski definition) is 3. The van der Waals surface area contributed by atoms with Gasteiger partial charge in [0.1, 0.15) is 0 Å². The Bertz CT molecular complexity index is 670. The van der Waals surface area contributed by atoms with Gasteiger partial charge in [0.25, 0.3) is 0 Å². The largest absolute Gasteiger partial charge is 0.357 e. The number of carbonyl (C=O) groups is 1. The average Bonchev–Trinajstić information content (AvgIpc) is 3.13. The molecule has 1 amide bonds. The topological polar surface area (TPSA) is 56.9 Å². The van der Waals surface area contributed by atoms with Gasteiger partial charge >= 0.3 is 0 Å². The fourth-order valence-corrected chi connectivity index (χ4v) is 3.70. The maximum absolute atomic E-state index is 12.4. The van der Waals surface area contributed by atoms with Gasteiger partial charge in [-0.1, -0.05) is 31.0 Å². The van der Waals surface area contributed by atoms with Gasteiger partial charge in [-0.05, 0) is 30.9 Å². The van der Waals surface area contributed by atoms with E-state index in [9.17, 15) is 4.79 Å². The van der Waals surface area contributed by atoms with E-state index in [1.54, 1.807) is 0 Å². The number of amides is 1. The Kier molecular flexibility index (Phi) is 3.19. The minimum absolute atomic E-state index is 0.0997. The predicted octanol–water partition coefficient (Wildman–Crippen LogP) is 2.24. The van der Waals surface area contributed by atoms with Crippen LogP contribution in [-0.4, -0.2) is 23.0 Å². The predicted molar refractivity (Wildman–Crippen MR) is 83.0 cm³/mol. The van der Waals surface area contributed by atoms with Gasteiger partial charge < -0.3 is 10.3 Å². The number of carbonyl (C=O) groups excluding carboxylic acids is 1. The maximum Gasteiger partial charge on any atom is 0.237 e. The molecule has 110 valence electrons. The van der Waals surface area contributed by atoms with Crippen molar-refractivity contribution in [3.63, 3.8) is 0 Å². The molecule has 1 unspecified atom stereocenters. The fraction of sp³-hybridized carbons (Fsp3) is 0.471. The Morgan fingerprint density at radius 3 is 2.86 bits per heavy atom. The van der Waals surface area contributed by atoms with E-state index in [4.69, 9.17) is 0 Å². The molecule has 2 aliphatic rings. The molecule has 1 atom stereocenters. The van der Waals surface area contributed by atoms with Crippen LogP contribution in [0.5, 0.6) is 0 Å². The molecule has 4 rings (SSSR count). The van der Waals surface area contributed by atoms with E-state index in [2.05, 4.69) is 33.8 Å². The molecular formula is C17H21N3O. The van der Waals surface area contributed by atoms with Gasteiger partial charge in [-0.3, -0.25) is 10.1 Å². The second-order valence-corrected chi connectivity index (χ2v) is 6.26. The normalized spacial score (nSPS) is 22.4. The molecule has 1 fully saturated rings. The molecule has 1 aliphatic carbocycles. The Hall–Kier alpha value is -1.81. The summed E-state index contributed by atoms with van der Waals surface area (Å²) in [5.41, 5.74) is 3.69. The van der Waals surface area contributed by atoms with Crippen molar-refractivity contribution < 1.29 is 4.79 Å². The van der Waals surface area contributed by atoms with E-state index >= 15 is 0 Å². The number of aromatic amines is 1. The van der Waals surface area contributed by atoms with Crippen LogP contribution in [0.4, 0.5) is 0 Å². The van der Waals surface area contributed by atoms with Crippen LogP contribution in [0, 0.1) is 0 Å².